The minimum absolute atomic E-state index is 0.387. The summed E-state index contributed by atoms with van der Waals surface area (Å²) in [6.07, 6.45) is 4.58. The van der Waals surface area contributed by atoms with E-state index in [0.717, 1.165) is 5.69 Å². The van der Waals surface area contributed by atoms with Gasteiger partial charge in [-0.25, -0.2) is 15.0 Å². The number of nitrogens with zero attached hydrogens (tertiary/aromatic N) is 4. The van der Waals surface area contributed by atoms with Crippen LogP contribution in [0.1, 0.15) is 12.6 Å². The maximum Gasteiger partial charge on any atom is 0.242 e. The van der Waals surface area contributed by atoms with E-state index < -0.39 is 0 Å². The third-order valence-corrected chi connectivity index (χ3v) is 2.21. The molecule has 0 radical (unpaired) electrons. The van der Waals surface area contributed by atoms with Gasteiger partial charge in [0.15, 0.2) is 5.82 Å². The first-order valence-electron chi connectivity index (χ1n) is 5.53. The van der Waals surface area contributed by atoms with Crippen LogP contribution in [0, 0.1) is 0 Å². The van der Waals surface area contributed by atoms with Crippen LogP contribution in [0.4, 0.5) is 11.5 Å². The van der Waals surface area contributed by atoms with E-state index in [9.17, 15) is 0 Å². The Morgan fingerprint density at radius 3 is 2.89 bits per heavy atom. The molecule has 7 heteroatoms. The fourth-order valence-corrected chi connectivity index (χ4v) is 1.37. The Bertz CT molecular complexity index is 504. The van der Waals surface area contributed by atoms with Crippen molar-refractivity contribution >= 4 is 11.5 Å². The van der Waals surface area contributed by atoms with Crippen molar-refractivity contribution < 1.29 is 4.74 Å². The average Bonchev–Trinajstić information content (AvgIpc) is 2.41. The lowest BCUT2D eigenvalue weighted by atomic mass is 10.4. The van der Waals surface area contributed by atoms with Crippen LogP contribution < -0.4 is 15.8 Å². The molecule has 3 N–H and O–H groups in total. The molecule has 0 amide bonds. The van der Waals surface area contributed by atoms with Gasteiger partial charge in [-0.1, -0.05) is 0 Å². The molecule has 2 aromatic heterocycles. The molecular weight excluding hydrogens is 232 g/mol. The van der Waals surface area contributed by atoms with Gasteiger partial charge in [-0.3, -0.25) is 0 Å². The van der Waals surface area contributed by atoms with Crippen molar-refractivity contribution in [3.8, 4) is 5.88 Å². The van der Waals surface area contributed by atoms with E-state index in [2.05, 4.69) is 25.3 Å². The predicted molar refractivity (Wildman–Crippen MR) is 67.0 cm³/mol. The number of anilines is 2. The lowest BCUT2D eigenvalue weighted by Gasteiger charge is -2.10. The summed E-state index contributed by atoms with van der Waals surface area (Å²) in [4.78, 5) is 16.0. The normalized spacial score (nSPS) is 10.1. The number of rotatable bonds is 5. The van der Waals surface area contributed by atoms with Crippen molar-refractivity contribution in [3.63, 3.8) is 0 Å². The van der Waals surface area contributed by atoms with Gasteiger partial charge in [0.1, 0.15) is 18.3 Å². The van der Waals surface area contributed by atoms with Crippen molar-refractivity contribution in [2.24, 2.45) is 0 Å². The molecule has 0 spiro atoms. The second kappa shape index (κ2) is 5.76. The molecule has 0 aliphatic carbocycles. The topological polar surface area (TPSA) is 98.8 Å². The summed E-state index contributed by atoms with van der Waals surface area (Å²) in [7, 11) is 0. The zero-order chi connectivity index (χ0) is 12.8. The Balaban J connectivity index is 2.08. The molecule has 2 heterocycles. The molecule has 0 saturated carbocycles. The summed E-state index contributed by atoms with van der Waals surface area (Å²) in [5.41, 5.74) is 7.13. The Morgan fingerprint density at radius 2 is 2.17 bits per heavy atom. The summed E-state index contributed by atoms with van der Waals surface area (Å²) < 4.78 is 5.29. The summed E-state index contributed by atoms with van der Waals surface area (Å²) >= 11 is 0. The fourth-order valence-electron chi connectivity index (χ4n) is 1.37. The molecule has 0 atom stereocenters. The fraction of sp³-hybridized carbons (Fsp3) is 0.273. The molecule has 0 fully saturated rings. The maximum absolute atomic E-state index is 5.89. The third-order valence-electron chi connectivity index (χ3n) is 2.21. The van der Waals surface area contributed by atoms with Crippen LogP contribution >= 0.6 is 0 Å². The van der Waals surface area contributed by atoms with Crippen LogP contribution in [0.25, 0.3) is 0 Å². The van der Waals surface area contributed by atoms with Gasteiger partial charge in [-0.05, 0) is 13.0 Å². The molecule has 0 aliphatic rings. The van der Waals surface area contributed by atoms with Gasteiger partial charge in [0.05, 0.1) is 18.8 Å². The van der Waals surface area contributed by atoms with E-state index in [0.29, 0.717) is 30.5 Å². The molecule has 0 unspecified atom stereocenters. The summed E-state index contributed by atoms with van der Waals surface area (Å²) in [6, 6.07) is 1.81. The minimum atomic E-state index is 0.387. The number of nitrogens with one attached hydrogen (secondary N) is 1. The first-order chi connectivity index (χ1) is 8.81. The number of hydrogen-bond donors (Lipinski definition) is 2. The van der Waals surface area contributed by atoms with E-state index in [4.69, 9.17) is 10.5 Å². The lowest BCUT2D eigenvalue weighted by Crippen LogP contribution is -2.08. The standard InChI is InChI=1S/C11H14N6O/c1-2-18-11-9(12)10(16-7-17-11)14-5-8-3-4-13-6-15-8/h3-4,6-7H,2,5,12H2,1H3,(H,14,16,17). The van der Waals surface area contributed by atoms with Crippen LogP contribution in [0.2, 0.25) is 0 Å². The van der Waals surface area contributed by atoms with Gasteiger partial charge in [-0.2, -0.15) is 4.98 Å². The summed E-state index contributed by atoms with van der Waals surface area (Å²) in [5.74, 6) is 0.921. The largest absolute Gasteiger partial charge is 0.476 e. The lowest BCUT2D eigenvalue weighted by molar-refractivity contribution is 0.328. The molecule has 0 bridgehead atoms. The monoisotopic (exact) mass is 246 g/mol. The van der Waals surface area contributed by atoms with Crippen LogP contribution in [0.3, 0.4) is 0 Å². The van der Waals surface area contributed by atoms with Gasteiger partial charge in [0.25, 0.3) is 0 Å². The number of aromatic nitrogens is 4. The van der Waals surface area contributed by atoms with Crippen molar-refractivity contribution in [1.82, 2.24) is 19.9 Å². The van der Waals surface area contributed by atoms with Gasteiger partial charge < -0.3 is 15.8 Å². The second-order valence-electron chi connectivity index (χ2n) is 3.43. The van der Waals surface area contributed by atoms with Gasteiger partial charge in [-0.15, -0.1) is 0 Å². The molecule has 2 rings (SSSR count). The van der Waals surface area contributed by atoms with Crippen molar-refractivity contribution in [1.29, 1.82) is 0 Å². The van der Waals surface area contributed by atoms with E-state index in [-0.39, 0.29) is 0 Å². The summed E-state index contributed by atoms with van der Waals surface area (Å²) in [5, 5.41) is 3.08. The highest BCUT2D eigenvalue weighted by molar-refractivity contribution is 5.66. The van der Waals surface area contributed by atoms with E-state index in [1.165, 1.54) is 12.7 Å². The number of nitrogen functional groups attached to an aromatic ring is 1. The molecule has 0 aliphatic heterocycles. The van der Waals surface area contributed by atoms with Gasteiger partial charge >= 0.3 is 0 Å². The van der Waals surface area contributed by atoms with Gasteiger partial charge in [0.2, 0.25) is 5.88 Å². The predicted octanol–water partition coefficient (Wildman–Crippen LogP) is 0.860. The highest BCUT2D eigenvalue weighted by Crippen LogP contribution is 2.24. The Kier molecular flexibility index (Phi) is 3.85. The van der Waals surface area contributed by atoms with E-state index in [1.807, 2.05) is 13.0 Å². The second-order valence-corrected chi connectivity index (χ2v) is 3.43. The molecule has 7 nitrogen and oxygen atoms in total. The quantitative estimate of drug-likeness (QED) is 0.807. The van der Waals surface area contributed by atoms with Crippen molar-refractivity contribution in [2.45, 2.75) is 13.5 Å². The molecule has 0 aromatic carbocycles. The van der Waals surface area contributed by atoms with Gasteiger partial charge in [0, 0.05) is 6.20 Å². The first kappa shape index (κ1) is 12.0. The third kappa shape index (κ3) is 2.82. The maximum atomic E-state index is 5.89. The zero-order valence-corrected chi connectivity index (χ0v) is 10.00. The Morgan fingerprint density at radius 1 is 1.28 bits per heavy atom. The highest BCUT2D eigenvalue weighted by Gasteiger charge is 2.08. The van der Waals surface area contributed by atoms with Crippen LogP contribution in [0.5, 0.6) is 5.88 Å². The van der Waals surface area contributed by atoms with E-state index in [1.54, 1.807) is 6.20 Å². The highest BCUT2D eigenvalue weighted by atomic mass is 16.5. The zero-order valence-electron chi connectivity index (χ0n) is 10.00. The molecular formula is C11H14N6O. The molecule has 0 saturated heterocycles. The number of ether oxygens (including phenoxy) is 1. The minimum Gasteiger partial charge on any atom is -0.476 e. The molecule has 94 valence electrons. The molecule has 2 aromatic rings. The Hall–Kier alpha value is -2.44. The number of hydrogen-bond acceptors (Lipinski definition) is 7. The van der Waals surface area contributed by atoms with Crippen LogP contribution in [-0.2, 0) is 6.54 Å². The van der Waals surface area contributed by atoms with Crippen LogP contribution in [0.15, 0.2) is 24.9 Å². The SMILES string of the molecule is CCOc1ncnc(NCc2ccncn2)c1N. The van der Waals surface area contributed by atoms with Crippen molar-refractivity contribution in [2.75, 3.05) is 17.7 Å². The molecule has 18 heavy (non-hydrogen) atoms. The number of nitrogens with two attached hydrogens (primary N) is 1. The smallest absolute Gasteiger partial charge is 0.242 e. The average molecular weight is 246 g/mol. The Labute approximate surface area is 104 Å². The van der Waals surface area contributed by atoms with Crippen LogP contribution in [-0.4, -0.2) is 26.5 Å². The van der Waals surface area contributed by atoms with E-state index >= 15 is 0 Å². The summed E-state index contributed by atoms with van der Waals surface area (Å²) in [6.45, 7) is 2.89. The first-order valence-corrected chi connectivity index (χ1v) is 5.53. The van der Waals surface area contributed by atoms with Crippen molar-refractivity contribution in [3.05, 3.63) is 30.6 Å².